The fraction of sp³-hybridized carbons (Fsp3) is 0.778. The molecule has 2 aliphatic heterocycles. The van der Waals surface area contributed by atoms with Gasteiger partial charge in [-0.15, -0.1) is 6.58 Å². The van der Waals surface area contributed by atoms with E-state index in [9.17, 15) is 4.79 Å². The molecule has 0 bridgehead atoms. The van der Waals surface area contributed by atoms with Crippen molar-refractivity contribution in [1.82, 2.24) is 20.4 Å². The van der Waals surface area contributed by atoms with E-state index in [4.69, 9.17) is 12.2 Å². The van der Waals surface area contributed by atoms with Crippen molar-refractivity contribution in [3.63, 3.8) is 0 Å². The summed E-state index contributed by atoms with van der Waals surface area (Å²) in [5.41, 5.74) is -0.231. The van der Waals surface area contributed by atoms with Gasteiger partial charge in [0.15, 0.2) is 5.11 Å². The molecule has 2 atom stereocenters. The van der Waals surface area contributed by atoms with Crippen molar-refractivity contribution in [2.75, 3.05) is 19.6 Å². The van der Waals surface area contributed by atoms with Crippen LogP contribution in [0.2, 0.25) is 0 Å². The first-order valence-electron chi connectivity index (χ1n) is 9.26. The number of piperidine rings is 1. The van der Waals surface area contributed by atoms with Gasteiger partial charge in [-0.1, -0.05) is 26.3 Å². The van der Waals surface area contributed by atoms with E-state index in [0.717, 1.165) is 37.5 Å². The van der Waals surface area contributed by atoms with E-state index in [0.29, 0.717) is 18.5 Å². The molecule has 0 radical (unpaired) electrons. The second-order valence-electron chi connectivity index (χ2n) is 7.49. The molecule has 6 heteroatoms. The Kier molecular flexibility index (Phi) is 5.16. The Hall–Kier alpha value is -1.14. The van der Waals surface area contributed by atoms with Crippen LogP contribution in [0.5, 0.6) is 0 Å². The number of nitrogens with one attached hydrogen (secondary N) is 2. The molecule has 1 amide bonds. The van der Waals surface area contributed by atoms with Gasteiger partial charge < -0.3 is 15.1 Å². The Morgan fingerprint density at radius 1 is 1.50 bits per heavy atom. The van der Waals surface area contributed by atoms with Gasteiger partial charge in [0, 0.05) is 38.5 Å². The quantitative estimate of drug-likeness (QED) is 0.585. The molecule has 0 aromatic carbocycles. The molecule has 1 spiro atoms. The molecular weight excluding hydrogens is 320 g/mol. The van der Waals surface area contributed by atoms with Crippen LogP contribution in [0.1, 0.15) is 46.0 Å². The first-order valence-corrected chi connectivity index (χ1v) is 9.67. The predicted octanol–water partition coefficient (Wildman–Crippen LogP) is 1.85. The largest absolute Gasteiger partial charge is 0.360 e. The van der Waals surface area contributed by atoms with Crippen molar-refractivity contribution in [1.29, 1.82) is 0 Å². The summed E-state index contributed by atoms with van der Waals surface area (Å²) >= 11 is 5.54. The van der Waals surface area contributed by atoms with Gasteiger partial charge >= 0.3 is 0 Å². The van der Waals surface area contributed by atoms with Gasteiger partial charge in [-0.25, -0.2) is 0 Å². The third-order valence-electron chi connectivity index (χ3n) is 5.78. The van der Waals surface area contributed by atoms with Gasteiger partial charge in [0.1, 0.15) is 0 Å². The number of likely N-dealkylation sites (tertiary alicyclic amines) is 1. The normalized spacial score (nSPS) is 27.4. The first kappa shape index (κ1) is 17.7. The van der Waals surface area contributed by atoms with E-state index in [1.54, 1.807) is 0 Å². The Morgan fingerprint density at radius 2 is 2.17 bits per heavy atom. The van der Waals surface area contributed by atoms with Crippen molar-refractivity contribution in [2.45, 2.75) is 63.7 Å². The number of carbonyl (C=O) groups excluding carboxylic acids is 1. The van der Waals surface area contributed by atoms with Crippen LogP contribution in [-0.2, 0) is 4.79 Å². The molecule has 2 heterocycles. The molecule has 3 rings (SSSR count). The highest BCUT2D eigenvalue weighted by Crippen LogP contribution is 2.35. The van der Waals surface area contributed by atoms with Crippen LogP contribution in [0.4, 0.5) is 0 Å². The minimum absolute atomic E-state index is 0.0713. The third-order valence-corrected chi connectivity index (χ3v) is 6.16. The molecule has 2 saturated heterocycles. The van der Waals surface area contributed by atoms with Gasteiger partial charge in [0.2, 0.25) is 5.91 Å². The van der Waals surface area contributed by atoms with Crippen molar-refractivity contribution < 1.29 is 4.79 Å². The fourth-order valence-corrected chi connectivity index (χ4v) is 4.16. The molecule has 0 aromatic rings. The summed E-state index contributed by atoms with van der Waals surface area (Å²) in [6.45, 7) is 10.5. The van der Waals surface area contributed by atoms with E-state index in [-0.39, 0.29) is 17.6 Å². The van der Waals surface area contributed by atoms with Crippen LogP contribution in [-0.4, -0.2) is 58.2 Å². The van der Waals surface area contributed by atoms with Gasteiger partial charge in [0.05, 0.1) is 11.7 Å². The summed E-state index contributed by atoms with van der Waals surface area (Å²) in [6, 6.07) is 0.518. The van der Waals surface area contributed by atoms with Crippen LogP contribution in [0, 0.1) is 5.92 Å². The number of hydrogen-bond acceptors (Lipinski definition) is 3. The number of nitrogens with zero attached hydrogens (tertiary/aromatic N) is 2. The zero-order chi connectivity index (χ0) is 17.3. The Bertz CT molecular complexity index is 511. The van der Waals surface area contributed by atoms with Crippen LogP contribution in [0.3, 0.4) is 0 Å². The molecule has 24 heavy (non-hydrogen) atoms. The number of rotatable bonds is 5. The maximum absolute atomic E-state index is 12.9. The van der Waals surface area contributed by atoms with Crippen molar-refractivity contribution in [3.8, 4) is 0 Å². The maximum Gasteiger partial charge on any atom is 0.241 e. The lowest BCUT2D eigenvalue weighted by Gasteiger charge is -2.45. The first-order chi connectivity index (χ1) is 11.5. The molecule has 1 saturated carbocycles. The van der Waals surface area contributed by atoms with Crippen molar-refractivity contribution in [2.24, 2.45) is 5.92 Å². The number of thiocarbonyl (C=S) groups is 1. The number of amides is 1. The van der Waals surface area contributed by atoms with Gasteiger partial charge in [-0.3, -0.25) is 10.1 Å². The lowest BCUT2D eigenvalue weighted by molar-refractivity contribution is -0.133. The van der Waals surface area contributed by atoms with E-state index in [1.165, 1.54) is 12.8 Å². The Balaban J connectivity index is 1.68. The zero-order valence-electron chi connectivity index (χ0n) is 14.9. The van der Waals surface area contributed by atoms with Crippen LogP contribution in [0.25, 0.3) is 0 Å². The highest BCUT2D eigenvalue weighted by atomic mass is 32.1. The third kappa shape index (κ3) is 3.31. The summed E-state index contributed by atoms with van der Waals surface area (Å²) in [5.74, 6) is 0.580. The predicted molar refractivity (Wildman–Crippen MR) is 101 cm³/mol. The molecule has 3 aliphatic rings. The summed E-state index contributed by atoms with van der Waals surface area (Å²) in [7, 11) is 0. The average Bonchev–Trinajstić information content (AvgIpc) is 3.36. The SMILES string of the molecule is C=CCN1C(=O)[C@H]([C@@H](C)CC)NC12CCN(C(=S)NC1CC1)CC2. The lowest BCUT2D eigenvalue weighted by atomic mass is 9.95. The van der Waals surface area contributed by atoms with Crippen molar-refractivity contribution in [3.05, 3.63) is 12.7 Å². The molecule has 134 valence electrons. The minimum Gasteiger partial charge on any atom is -0.360 e. The monoisotopic (exact) mass is 350 g/mol. The van der Waals surface area contributed by atoms with Gasteiger partial charge in [0.25, 0.3) is 0 Å². The second kappa shape index (κ2) is 7.00. The molecule has 3 fully saturated rings. The summed E-state index contributed by atoms with van der Waals surface area (Å²) < 4.78 is 0. The fourth-order valence-electron chi connectivity index (χ4n) is 3.81. The summed E-state index contributed by atoms with van der Waals surface area (Å²) in [6.07, 6.45) is 7.13. The zero-order valence-corrected chi connectivity index (χ0v) is 15.7. The topological polar surface area (TPSA) is 47.6 Å². The number of hydrogen-bond donors (Lipinski definition) is 2. The van der Waals surface area contributed by atoms with E-state index >= 15 is 0 Å². The standard InChI is InChI=1S/C18H30N4OS/c1-4-10-22-16(23)15(13(3)5-2)20-18(22)8-11-21(12-9-18)17(24)19-14-6-7-14/h4,13-15,20H,1,5-12H2,2-3H3,(H,19,24)/t13-,15-/m0/s1. The van der Waals surface area contributed by atoms with E-state index < -0.39 is 0 Å². The second-order valence-corrected chi connectivity index (χ2v) is 7.87. The molecular formula is C18H30N4OS. The van der Waals surface area contributed by atoms with E-state index in [1.807, 2.05) is 11.0 Å². The van der Waals surface area contributed by atoms with Gasteiger partial charge in [-0.2, -0.15) is 0 Å². The average molecular weight is 351 g/mol. The van der Waals surface area contributed by atoms with Crippen LogP contribution < -0.4 is 10.6 Å². The van der Waals surface area contributed by atoms with Crippen LogP contribution in [0.15, 0.2) is 12.7 Å². The van der Waals surface area contributed by atoms with Crippen molar-refractivity contribution >= 4 is 23.2 Å². The van der Waals surface area contributed by atoms with E-state index in [2.05, 4.69) is 36.0 Å². The maximum atomic E-state index is 12.9. The highest BCUT2D eigenvalue weighted by molar-refractivity contribution is 7.80. The Labute approximate surface area is 150 Å². The summed E-state index contributed by atoms with van der Waals surface area (Å²) in [5, 5.41) is 8.00. The number of carbonyl (C=O) groups is 1. The molecule has 0 unspecified atom stereocenters. The molecule has 5 nitrogen and oxygen atoms in total. The lowest BCUT2D eigenvalue weighted by Crippen LogP contribution is -2.60. The Morgan fingerprint density at radius 3 is 2.71 bits per heavy atom. The van der Waals surface area contributed by atoms with Crippen LogP contribution >= 0.6 is 12.2 Å². The smallest absolute Gasteiger partial charge is 0.241 e. The summed E-state index contributed by atoms with van der Waals surface area (Å²) in [4.78, 5) is 17.2. The minimum atomic E-state index is -0.231. The molecule has 2 N–H and O–H groups in total. The molecule has 1 aliphatic carbocycles. The van der Waals surface area contributed by atoms with Gasteiger partial charge in [-0.05, 0) is 31.0 Å². The highest BCUT2D eigenvalue weighted by Gasteiger charge is 2.52. The molecule has 0 aromatic heterocycles.